The fourth-order valence-electron chi connectivity index (χ4n) is 1.99. The molecule has 1 saturated heterocycles. The van der Waals surface area contributed by atoms with E-state index in [-0.39, 0.29) is 0 Å². The Hall–Kier alpha value is -0.730. The van der Waals surface area contributed by atoms with Gasteiger partial charge in [0.1, 0.15) is 0 Å². The van der Waals surface area contributed by atoms with Crippen molar-refractivity contribution in [3.63, 3.8) is 0 Å². The normalized spacial score (nSPS) is 28.1. The number of hydrogen-bond acceptors (Lipinski definition) is 3. The van der Waals surface area contributed by atoms with Crippen LogP contribution in [0.1, 0.15) is 20.3 Å². The van der Waals surface area contributed by atoms with Crippen LogP contribution in [-0.2, 0) is 0 Å². The molecule has 74 valence electrons. The summed E-state index contributed by atoms with van der Waals surface area (Å²) in [6.07, 6.45) is 1.25. The van der Waals surface area contributed by atoms with Crippen molar-refractivity contribution >= 4 is 5.96 Å². The summed E-state index contributed by atoms with van der Waals surface area (Å²) >= 11 is 0. The first-order chi connectivity index (χ1) is 6.27. The van der Waals surface area contributed by atoms with E-state index in [1.807, 2.05) is 0 Å². The van der Waals surface area contributed by atoms with Gasteiger partial charge >= 0.3 is 0 Å². The molecule has 0 aromatic rings. The molecule has 2 heterocycles. The van der Waals surface area contributed by atoms with Crippen LogP contribution in [0.3, 0.4) is 0 Å². The fraction of sp³-hybridized carbons (Fsp3) is 0.900. The Labute approximate surface area is 80.2 Å². The highest BCUT2D eigenvalue weighted by atomic mass is 15.3. The molecule has 0 radical (unpaired) electrons. The first kappa shape index (κ1) is 8.85. The Morgan fingerprint density at radius 3 is 3.15 bits per heavy atom. The minimum absolute atomic E-state index is 0.753. The number of nitrogens with one attached hydrogen (secondary N) is 1. The fourth-order valence-corrected chi connectivity index (χ4v) is 1.99. The van der Waals surface area contributed by atoms with Gasteiger partial charge in [0.25, 0.3) is 0 Å². The zero-order chi connectivity index (χ0) is 9.26. The van der Waals surface area contributed by atoms with Gasteiger partial charge in [-0.2, -0.15) is 0 Å². The summed E-state index contributed by atoms with van der Waals surface area (Å²) in [6.45, 7) is 9.09. The highest BCUT2D eigenvalue weighted by Crippen LogP contribution is 2.18. The third-order valence-corrected chi connectivity index (χ3v) is 3.06. The largest absolute Gasteiger partial charge is 0.356 e. The van der Waals surface area contributed by atoms with E-state index in [1.54, 1.807) is 0 Å². The van der Waals surface area contributed by atoms with Crippen molar-refractivity contribution in [2.24, 2.45) is 16.8 Å². The Balaban J connectivity index is 2.02. The molecule has 0 spiro atoms. The molecule has 1 fully saturated rings. The van der Waals surface area contributed by atoms with Gasteiger partial charge in [-0.1, -0.05) is 13.8 Å². The van der Waals surface area contributed by atoms with Crippen LogP contribution in [0.25, 0.3) is 0 Å². The highest BCUT2D eigenvalue weighted by molar-refractivity contribution is 5.81. The second-order valence-corrected chi connectivity index (χ2v) is 4.39. The summed E-state index contributed by atoms with van der Waals surface area (Å²) in [5, 5.41) is 3.36. The van der Waals surface area contributed by atoms with Crippen molar-refractivity contribution in [3.05, 3.63) is 0 Å². The lowest BCUT2D eigenvalue weighted by Gasteiger charge is -2.38. The minimum Gasteiger partial charge on any atom is -0.356 e. The first-order valence-electron chi connectivity index (χ1n) is 5.30. The van der Waals surface area contributed by atoms with Crippen LogP contribution in [0.15, 0.2) is 4.99 Å². The molecular weight excluding hydrogens is 162 g/mol. The summed E-state index contributed by atoms with van der Waals surface area (Å²) in [5.74, 6) is 2.65. The van der Waals surface area contributed by atoms with Gasteiger partial charge in [0.15, 0.2) is 5.96 Å². The predicted molar refractivity (Wildman–Crippen MR) is 54.8 cm³/mol. The van der Waals surface area contributed by atoms with Gasteiger partial charge in [0, 0.05) is 26.2 Å². The monoisotopic (exact) mass is 181 g/mol. The van der Waals surface area contributed by atoms with Crippen molar-refractivity contribution < 1.29 is 0 Å². The van der Waals surface area contributed by atoms with Crippen molar-refractivity contribution in [3.8, 4) is 0 Å². The summed E-state index contributed by atoms with van der Waals surface area (Å²) < 4.78 is 0. The molecule has 1 atom stereocenters. The van der Waals surface area contributed by atoms with Gasteiger partial charge in [0.05, 0.1) is 0 Å². The van der Waals surface area contributed by atoms with E-state index < -0.39 is 0 Å². The lowest BCUT2D eigenvalue weighted by molar-refractivity contribution is 0.246. The van der Waals surface area contributed by atoms with Crippen LogP contribution in [0, 0.1) is 11.8 Å². The van der Waals surface area contributed by atoms with Crippen molar-refractivity contribution in [2.45, 2.75) is 20.3 Å². The molecule has 2 aliphatic heterocycles. The highest BCUT2D eigenvalue weighted by Gasteiger charge is 2.25. The van der Waals surface area contributed by atoms with Crippen LogP contribution < -0.4 is 5.32 Å². The number of rotatable bonds is 1. The van der Waals surface area contributed by atoms with Crippen LogP contribution in [-0.4, -0.2) is 37.0 Å². The first-order valence-corrected chi connectivity index (χ1v) is 5.30. The average Bonchev–Trinajstić information content (AvgIpc) is 2.17. The second kappa shape index (κ2) is 3.56. The van der Waals surface area contributed by atoms with Gasteiger partial charge in [-0.25, -0.2) is 0 Å². The van der Waals surface area contributed by atoms with E-state index >= 15 is 0 Å². The van der Waals surface area contributed by atoms with Gasteiger partial charge in [-0.3, -0.25) is 4.99 Å². The molecule has 2 rings (SSSR count). The smallest absolute Gasteiger partial charge is 0.193 e. The molecule has 1 unspecified atom stereocenters. The molecular formula is C10H19N3. The summed E-state index contributed by atoms with van der Waals surface area (Å²) in [4.78, 5) is 6.99. The molecule has 1 N–H and O–H groups in total. The van der Waals surface area contributed by atoms with Gasteiger partial charge in [-0.15, -0.1) is 0 Å². The molecule has 0 aromatic carbocycles. The molecule has 2 aliphatic rings. The molecule has 0 aliphatic carbocycles. The maximum absolute atomic E-state index is 4.59. The van der Waals surface area contributed by atoms with E-state index in [0.717, 1.165) is 30.9 Å². The lowest BCUT2D eigenvalue weighted by Crippen LogP contribution is -2.52. The maximum atomic E-state index is 4.59. The van der Waals surface area contributed by atoms with Crippen LogP contribution >= 0.6 is 0 Å². The number of hydrogen-bond donors (Lipinski definition) is 1. The molecule has 13 heavy (non-hydrogen) atoms. The van der Waals surface area contributed by atoms with Crippen LogP contribution in [0.4, 0.5) is 0 Å². The number of fused-ring (bicyclic) bond motifs is 1. The van der Waals surface area contributed by atoms with Crippen LogP contribution in [0.5, 0.6) is 0 Å². The van der Waals surface area contributed by atoms with E-state index in [1.165, 1.54) is 19.5 Å². The minimum atomic E-state index is 0.753. The second-order valence-electron chi connectivity index (χ2n) is 4.39. The van der Waals surface area contributed by atoms with E-state index in [9.17, 15) is 0 Å². The van der Waals surface area contributed by atoms with E-state index in [4.69, 9.17) is 0 Å². The number of guanidine groups is 1. The molecule has 0 amide bonds. The Kier molecular flexibility index (Phi) is 2.42. The van der Waals surface area contributed by atoms with Gasteiger partial charge in [0.2, 0.25) is 0 Å². The van der Waals surface area contributed by atoms with Crippen molar-refractivity contribution in [2.75, 3.05) is 26.2 Å². The van der Waals surface area contributed by atoms with E-state index in [2.05, 4.69) is 29.1 Å². The third kappa shape index (κ3) is 1.79. The number of aliphatic imine (C=N–C) groups is 1. The third-order valence-electron chi connectivity index (χ3n) is 3.06. The number of nitrogens with zero attached hydrogens (tertiary/aromatic N) is 2. The Morgan fingerprint density at radius 1 is 1.54 bits per heavy atom. The van der Waals surface area contributed by atoms with Gasteiger partial charge < -0.3 is 10.2 Å². The van der Waals surface area contributed by atoms with Crippen LogP contribution in [0.2, 0.25) is 0 Å². The van der Waals surface area contributed by atoms with E-state index in [0.29, 0.717) is 0 Å². The van der Waals surface area contributed by atoms with Gasteiger partial charge in [-0.05, 0) is 18.3 Å². The molecule has 3 nitrogen and oxygen atoms in total. The zero-order valence-corrected chi connectivity index (χ0v) is 8.58. The van der Waals surface area contributed by atoms with Crippen molar-refractivity contribution in [1.29, 1.82) is 0 Å². The SMILES string of the molecule is CC(C)C1CN=C2NCCCN2C1. The molecule has 3 heteroatoms. The molecule has 0 aromatic heterocycles. The van der Waals surface area contributed by atoms with Crippen molar-refractivity contribution in [1.82, 2.24) is 10.2 Å². The summed E-state index contributed by atoms with van der Waals surface area (Å²) in [7, 11) is 0. The zero-order valence-electron chi connectivity index (χ0n) is 8.58. The predicted octanol–water partition coefficient (Wildman–Crippen LogP) is 0.923. The topological polar surface area (TPSA) is 27.6 Å². The summed E-state index contributed by atoms with van der Waals surface area (Å²) in [5.41, 5.74) is 0. The Morgan fingerprint density at radius 2 is 2.38 bits per heavy atom. The lowest BCUT2D eigenvalue weighted by atomic mass is 9.94. The molecule has 0 bridgehead atoms. The summed E-state index contributed by atoms with van der Waals surface area (Å²) in [6, 6.07) is 0. The Bertz CT molecular complexity index is 210. The quantitative estimate of drug-likeness (QED) is 0.651. The standard InChI is InChI=1S/C10H19N3/c1-8(2)9-6-12-10-11-4-3-5-13(10)7-9/h8-9H,3-7H2,1-2H3,(H,11,12). The maximum Gasteiger partial charge on any atom is 0.193 e. The molecule has 0 saturated carbocycles. The average molecular weight is 181 g/mol.